The fourth-order valence-corrected chi connectivity index (χ4v) is 3.37. The van der Waals surface area contributed by atoms with E-state index in [2.05, 4.69) is 26.0 Å². The Morgan fingerprint density at radius 1 is 1.16 bits per heavy atom. The number of carbonyl (C=O) groups excluding carboxylic acids is 2. The largest absolute Gasteiger partial charge is 0.368 e. The van der Waals surface area contributed by atoms with Gasteiger partial charge >= 0.3 is 0 Å². The van der Waals surface area contributed by atoms with E-state index in [1.807, 2.05) is 0 Å². The summed E-state index contributed by atoms with van der Waals surface area (Å²) in [7, 11) is -3.80. The summed E-state index contributed by atoms with van der Waals surface area (Å²) in [6.07, 6.45) is 0. The second-order valence-corrected chi connectivity index (χ2v) is 7.78. The number of aryl methyl sites for hydroxylation is 1. The third-order valence-corrected chi connectivity index (χ3v) is 5.51. The molecule has 9 heteroatoms. The number of carbonyl (C=O) groups is 2. The number of hydrogen-bond acceptors (Lipinski definition) is 4. The van der Waals surface area contributed by atoms with Crippen LogP contribution < -0.4 is 15.8 Å². The molecule has 0 heterocycles. The zero-order chi connectivity index (χ0) is 18.6. The normalized spacial score (nSPS) is 11.0. The van der Waals surface area contributed by atoms with Crippen LogP contribution in [0.2, 0.25) is 0 Å². The van der Waals surface area contributed by atoms with E-state index in [-0.39, 0.29) is 22.7 Å². The maximum atomic E-state index is 12.5. The maximum Gasteiger partial charge on any atom is 0.261 e. The monoisotopic (exact) mass is 425 g/mol. The molecule has 2 aromatic carbocycles. The lowest BCUT2D eigenvalue weighted by Crippen LogP contribution is -2.33. The lowest BCUT2D eigenvalue weighted by Gasteiger charge is -2.10. The van der Waals surface area contributed by atoms with Crippen molar-refractivity contribution < 1.29 is 18.0 Å². The highest BCUT2D eigenvalue weighted by Crippen LogP contribution is 2.22. The van der Waals surface area contributed by atoms with Gasteiger partial charge in [0.1, 0.15) is 0 Å². The van der Waals surface area contributed by atoms with Gasteiger partial charge in [0.25, 0.3) is 15.9 Å². The van der Waals surface area contributed by atoms with Crippen molar-refractivity contribution in [3.05, 3.63) is 58.1 Å². The minimum Gasteiger partial charge on any atom is -0.368 e. The van der Waals surface area contributed by atoms with Crippen LogP contribution in [-0.2, 0) is 14.8 Å². The molecule has 2 rings (SSSR count). The van der Waals surface area contributed by atoms with Crippen LogP contribution in [0, 0.1) is 6.92 Å². The van der Waals surface area contributed by atoms with Crippen molar-refractivity contribution >= 4 is 43.5 Å². The summed E-state index contributed by atoms with van der Waals surface area (Å²) in [4.78, 5) is 22.7. The van der Waals surface area contributed by atoms with Gasteiger partial charge in [-0.2, -0.15) is 0 Å². The minimum absolute atomic E-state index is 0.108. The second-order valence-electron chi connectivity index (χ2n) is 5.25. The molecule has 7 nitrogen and oxygen atoms in total. The molecule has 0 fully saturated rings. The number of sulfonamides is 1. The smallest absolute Gasteiger partial charge is 0.261 e. The molecule has 2 amide bonds. The third kappa shape index (κ3) is 5.04. The predicted molar refractivity (Wildman–Crippen MR) is 97.7 cm³/mol. The zero-order valence-corrected chi connectivity index (χ0v) is 15.6. The summed E-state index contributed by atoms with van der Waals surface area (Å²) in [6.45, 7) is 1.49. The maximum absolute atomic E-state index is 12.5. The highest BCUT2D eigenvalue weighted by molar-refractivity contribution is 9.10. The molecule has 0 aliphatic carbocycles. The quantitative estimate of drug-likeness (QED) is 0.653. The summed E-state index contributed by atoms with van der Waals surface area (Å²) in [5, 5.41) is 2.34. The fraction of sp³-hybridized carbons (Fsp3) is 0.125. The third-order valence-electron chi connectivity index (χ3n) is 3.24. The van der Waals surface area contributed by atoms with Crippen LogP contribution in [0.3, 0.4) is 0 Å². The van der Waals surface area contributed by atoms with Crippen molar-refractivity contribution in [3.8, 4) is 0 Å². The number of rotatable bonds is 6. The number of nitrogens with one attached hydrogen (secondary N) is 2. The van der Waals surface area contributed by atoms with Crippen molar-refractivity contribution in [2.45, 2.75) is 11.8 Å². The van der Waals surface area contributed by atoms with Gasteiger partial charge in [0.2, 0.25) is 5.91 Å². The molecule has 0 aliphatic heterocycles. The van der Waals surface area contributed by atoms with Gasteiger partial charge in [-0.15, -0.1) is 0 Å². The van der Waals surface area contributed by atoms with Crippen LogP contribution in [0.25, 0.3) is 0 Å². The van der Waals surface area contributed by atoms with Crippen molar-refractivity contribution in [1.82, 2.24) is 5.32 Å². The van der Waals surface area contributed by atoms with E-state index >= 15 is 0 Å². The van der Waals surface area contributed by atoms with E-state index < -0.39 is 21.8 Å². The first-order valence-corrected chi connectivity index (χ1v) is 9.42. The van der Waals surface area contributed by atoms with Crippen LogP contribution >= 0.6 is 15.9 Å². The Bertz CT molecular complexity index is 929. The lowest BCUT2D eigenvalue weighted by atomic mass is 10.2. The molecule has 25 heavy (non-hydrogen) atoms. The molecule has 132 valence electrons. The Labute approximate surface area is 153 Å². The van der Waals surface area contributed by atoms with E-state index in [0.717, 1.165) is 10.0 Å². The summed E-state index contributed by atoms with van der Waals surface area (Å²) >= 11 is 3.32. The van der Waals surface area contributed by atoms with Gasteiger partial charge in [-0.25, -0.2) is 8.42 Å². The van der Waals surface area contributed by atoms with Gasteiger partial charge in [-0.1, -0.05) is 22.0 Å². The van der Waals surface area contributed by atoms with E-state index in [1.165, 1.54) is 36.4 Å². The van der Waals surface area contributed by atoms with Crippen LogP contribution in [0.4, 0.5) is 5.69 Å². The molecule has 0 spiro atoms. The number of hydrogen-bond donors (Lipinski definition) is 3. The molecule has 0 bridgehead atoms. The number of nitrogens with two attached hydrogens (primary N) is 1. The summed E-state index contributed by atoms with van der Waals surface area (Å²) in [6, 6.07) is 10.6. The van der Waals surface area contributed by atoms with Gasteiger partial charge in [-0.3, -0.25) is 14.3 Å². The Balaban J connectivity index is 2.22. The number of benzene rings is 2. The Kier molecular flexibility index (Phi) is 5.81. The highest BCUT2D eigenvalue weighted by Gasteiger charge is 2.16. The molecule has 0 aromatic heterocycles. The molecule has 0 radical (unpaired) electrons. The van der Waals surface area contributed by atoms with Crippen LogP contribution in [0.1, 0.15) is 15.9 Å². The molecular weight excluding hydrogens is 410 g/mol. The standard InChI is InChI=1S/C16H16BrN3O4S/c1-10-7-13(5-6-14(10)17)25(23,24)20-12-4-2-3-11(8-12)16(22)19-9-15(18)21/h2-8,20H,9H2,1H3,(H2,18,21)(H,19,22). The number of anilines is 1. The van der Waals surface area contributed by atoms with Gasteiger partial charge in [-0.05, 0) is 48.9 Å². The van der Waals surface area contributed by atoms with E-state index in [9.17, 15) is 18.0 Å². The van der Waals surface area contributed by atoms with Crippen LogP contribution in [0.5, 0.6) is 0 Å². The number of amides is 2. The van der Waals surface area contributed by atoms with Gasteiger partial charge in [0.15, 0.2) is 0 Å². The fourth-order valence-electron chi connectivity index (χ4n) is 1.99. The predicted octanol–water partition coefficient (Wildman–Crippen LogP) is 1.77. The summed E-state index contributed by atoms with van der Waals surface area (Å²) < 4.78 is 28.2. The molecule has 0 unspecified atom stereocenters. The van der Waals surface area contributed by atoms with Gasteiger partial charge in [0, 0.05) is 15.7 Å². The first-order chi connectivity index (χ1) is 11.7. The second kappa shape index (κ2) is 7.66. The van der Waals surface area contributed by atoms with Crippen molar-refractivity contribution in [2.24, 2.45) is 5.73 Å². The van der Waals surface area contributed by atoms with Crippen LogP contribution in [0.15, 0.2) is 51.8 Å². The number of primary amides is 1. The SMILES string of the molecule is Cc1cc(S(=O)(=O)Nc2cccc(C(=O)NCC(N)=O)c2)ccc1Br. The molecule has 2 aromatic rings. The Morgan fingerprint density at radius 2 is 1.88 bits per heavy atom. The van der Waals surface area contributed by atoms with Crippen molar-refractivity contribution in [3.63, 3.8) is 0 Å². The molecule has 0 saturated carbocycles. The van der Waals surface area contributed by atoms with Crippen molar-refractivity contribution in [1.29, 1.82) is 0 Å². The van der Waals surface area contributed by atoms with E-state index in [0.29, 0.717) is 0 Å². The minimum atomic E-state index is -3.80. The van der Waals surface area contributed by atoms with Gasteiger partial charge < -0.3 is 11.1 Å². The molecule has 0 atom stereocenters. The average molecular weight is 426 g/mol. The first-order valence-electron chi connectivity index (χ1n) is 7.14. The Hall–Kier alpha value is -2.39. The molecule has 0 aliphatic rings. The Morgan fingerprint density at radius 3 is 2.52 bits per heavy atom. The van der Waals surface area contributed by atoms with Gasteiger partial charge in [0.05, 0.1) is 11.4 Å². The zero-order valence-electron chi connectivity index (χ0n) is 13.2. The van der Waals surface area contributed by atoms with E-state index in [4.69, 9.17) is 5.73 Å². The topological polar surface area (TPSA) is 118 Å². The number of halogens is 1. The summed E-state index contributed by atoms with van der Waals surface area (Å²) in [5.41, 5.74) is 6.18. The first kappa shape index (κ1) is 18.9. The lowest BCUT2D eigenvalue weighted by molar-refractivity contribution is -0.117. The van der Waals surface area contributed by atoms with Crippen LogP contribution in [-0.4, -0.2) is 26.8 Å². The average Bonchev–Trinajstić information content (AvgIpc) is 2.54. The molecule has 4 N–H and O–H groups in total. The highest BCUT2D eigenvalue weighted by atomic mass is 79.9. The molecular formula is C16H16BrN3O4S. The van der Waals surface area contributed by atoms with E-state index in [1.54, 1.807) is 13.0 Å². The summed E-state index contributed by atoms with van der Waals surface area (Å²) in [5.74, 6) is -1.20. The van der Waals surface area contributed by atoms with Crippen molar-refractivity contribution in [2.75, 3.05) is 11.3 Å². The molecule has 0 saturated heterocycles.